The Morgan fingerprint density at radius 2 is 2.06 bits per heavy atom. The summed E-state index contributed by atoms with van der Waals surface area (Å²) in [6, 6.07) is 3.14. The van der Waals surface area contributed by atoms with Gasteiger partial charge >= 0.3 is 0 Å². The van der Waals surface area contributed by atoms with Crippen molar-refractivity contribution in [3.8, 4) is 6.07 Å². The zero-order valence-electron chi connectivity index (χ0n) is 11.9. The number of likely N-dealkylation sites (tertiary alicyclic amines) is 1. The lowest BCUT2D eigenvalue weighted by molar-refractivity contribution is 0.125. The van der Waals surface area contributed by atoms with Crippen molar-refractivity contribution in [3.63, 3.8) is 0 Å². The normalized spacial score (nSPS) is 38.9. The van der Waals surface area contributed by atoms with Crippen LogP contribution in [-0.4, -0.2) is 36.6 Å². The standard InChI is InChI=1S/C15H27N3/c1-13-5-4-9-18(10-7-13)14-6-3-8-15(11-14,12-16)17-2/h13-14,17H,3-11H2,1-2H3. The van der Waals surface area contributed by atoms with Gasteiger partial charge in [-0.2, -0.15) is 5.26 Å². The topological polar surface area (TPSA) is 39.1 Å². The molecule has 1 saturated heterocycles. The van der Waals surface area contributed by atoms with Gasteiger partial charge in [0.2, 0.25) is 0 Å². The molecule has 3 nitrogen and oxygen atoms in total. The summed E-state index contributed by atoms with van der Waals surface area (Å²) < 4.78 is 0. The molecule has 1 aliphatic heterocycles. The van der Waals surface area contributed by atoms with E-state index in [-0.39, 0.29) is 5.54 Å². The van der Waals surface area contributed by atoms with Crippen molar-refractivity contribution in [2.45, 2.75) is 63.5 Å². The molecule has 0 aromatic carbocycles. The Morgan fingerprint density at radius 1 is 1.22 bits per heavy atom. The predicted octanol–water partition coefficient (Wildman–Crippen LogP) is 2.53. The third-order valence-electron chi connectivity index (χ3n) is 4.99. The van der Waals surface area contributed by atoms with Gasteiger partial charge in [0.05, 0.1) is 6.07 Å². The van der Waals surface area contributed by atoms with Gasteiger partial charge in [0, 0.05) is 6.04 Å². The Balaban J connectivity index is 1.98. The highest BCUT2D eigenvalue weighted by molar-refractivity contribution is 5.10. The van der Waals surface area contributed by atoms with Gasteiger partial charge in [-0.3, -0.25) is 0 Å². The van der Waals surface area contributed by atoms with Crippen molar-refractivity contribution in [2.24, 2.45) is 5.92 Å². The van der Waals surface area contributed by atoms with Gasteiger partial charge in [-0.05, 0) is 71.0 Å². The molecule has 1 heterocycles. The van der Waals surface area contributed by atoms with Crippen LogP contribution in [0.5, 0.6) is 0 Å². The van der Waals surface area contributed by atoms with E-state index >= 15 is 0 Å². The Morgan fingerprint density at radius 3 is 2.78 bits per heavy atom. The minimum absolute atomic E-state index is 0.263. The third-order valence-corrected chi connectivity index (χ3v) is 4.99. The van der Waals surface area contributed by atoms with E-state index in [1.165, 1.54) is 45.2 Å². The van der Waals surface area contributed by atoms with Crippen molar-refractivity contribution in [3.05, 3.63) is 0 Å². The van der Waals surface area contributed by atoms with Crippen LogP contribution in [0.3, 0.4) is 0 Å². The molecule has 3 heteroatoms. The maximum atomic E-state index is 9.42. The molecule has 1 aliphatic carbocycles. The Bertz CT molecular complexity index is 309. The molecule has 18 heavy (non-hydrogen) atoms. The van der Waals surface area contributed by atoms with Crippen LogP contribution in [0.2, 0.25) is 0 Å². The smallest absolute Gasteiger partial charge is 0.108 e. The average molecular weight is 249 g/mol. The van der Waals surface area contributed by atoms with Crippen LogP contribution in [-0.2, 0) is 0 Å². The number of nitrogens with one attached hydrogen (secondary N) is 1. The number of hydrogen-bond acceptors (Lipinski definition) is 3. The van der Waals surface area contributed by atoms with Crippen LogP contribution in [0.1, 0.15) is 51.9 Å². The van der Waals surface area contributed by atoms with Crippen LogP contribution < -0.4 is 5.32 Å². The van der Waals surface area contributed by atoms with Crippen LogP contribution in [0.4, 0.5) is 0 Å². The molecule has 0 aromatic heterocycles. The SMILES string of the molecule is CNC1(C#N)CCCC(N2CCCC(C)CC2)C1. The third kappa shape index (κ3) is 3.05. The summed E-state index contributed by atoms with van der Waals surface area (Å²) in [6.07, 6.45) is 8.52. The summed E-state index contributed by atoms with van der Waals surface area (Å²) in [5.41, 5.74) is -0.263. The molecule has 0 amide bonds. The lowest BCUT2D eigenvalue weighted by Gasteiger charge is -2.41. The summed E-state index contributed by atoms with van der Waals surface area (Å²) >= 11 is 0. The van der Waals surface area contributed by atoms with E-state index in [1.54, 1.807) is 0 Å². The molecule has 2 fully saturated rings. The van der Waals surface area contributed by atoms with E-state index in [1.807, 2.05) is 7.05 Å². The quantitative estimate of drug-likeness (QED) is 0.817. The predicted molar refractivity (Wildman–Crippen MR) is 74.2 cm³/mol. The van der Waals surface area contributed by atoms with Crippen molar-refractivity contribution in [1.29, 1.82) is 5.26 Å². The van der Waals surface area contributed by atoms with Crippen molar-refractivity contribution in [1.82, 2.24) is 10.2 Å². The highest BCUT2D eigenvalue weighted by atomic mass is 15.2. The van der Waals surface area contributed by atoms with E-state index in [9.17, 15) is 5.26 Å². The van der Waals surface area contributed by atoms with Gasteiger partial charge in [-0.1, -0.05) is 6.92 Å². The van der Waals surface area contributed by atoms with Gasteiger partial charge in [-0.15, -0.1) is 0 Å². The first-order valence-electron chi connectivity index (χ1n) is 7.53. The molecule has 1 N–H and O–H groups in total. The summed E-state index contributed by atoms with van der Waals surface area (Å²) in [5.74, 6) is 0.878. The van der Waals surface area contributed by atoms with E-state index in [0.29, 0.717) is 6.04 Å². The maximum absolute atomic E-state index is 9.42. The molecular formula is C15H27N3. The van der Waals surface area contributed by atoms with Crippen LogP contribution in [0, 0.1) is 17.2 Å². The summed E-state index contributed by atoms with van der Waals surface area (Å²) in [7, 11) is 1.94. The van der Waals surface area contributed by atoms with E-state index in [4.69, 9.17) is 0 Å². The molecule has 2 rings (SSSR count). The first kappa shape index (κ1) is 13.8. The lowest BCUT2D eigenvalue weighted by Crippen LogP contribution is -2.51. The second-order valence-electron chi connectivity index (χ2n) is 6.27. The molecule has 102 valence electrons. The van der Waals surface area contributed by atoms with Gasteiger partial charge in [0.1, 0.15) is 5.54 Å². The molecule has 3 unspecified atom stereocenters. The first-order valence-corrected chi connectivity index (χ1v) is 7.53. The van der Waals surface area contributed by atoms with Crippen LogP contribution in [0.25, 0.3) is 0 Å². The van der Waals surface area contributed by atoms with Crippen molar-refractivity contribution in [2.75, 3.05) is 20.1 Å². The zero-order chi connectivity index (χ0) is 13.0. The summed E-state index contributed by atoms with van der Waals surface area (Å²) in [5, 5.41) is 12.7. The van der Waals surface area contributed by atoms with Gasteiger partial charge in [-0.25, -0.2) is 0 Å². The highest BCUT2D eigenvalue weighted by Gasteiger charge is 2.37. The second kappa shape index (κ2) is 6.04. The molecule has 2 aliphatic rings. The Hall–Kier alpha value is -0.590. The summed E-state index contributed by atoms with van der Waals surface area (Å²) in [6.45, 7) is 4.84. The minimum Gasteiger partial charge on any atom is -0.302 e. The minimum atomic E-state index is -0.263. The molecule has 0 radical (unpaired) electrons. The number of rotatable bonds is 2. The molecular weight excluding hydrogens is 222 g/mol. The molecule has 1 saturated carbocycles. The maximum Gasteiger partial charge on any atom is 0.108 e. The fourth-order valence-corrected chi connectivity index (χ4v) is 3.59. The summed E-state index contributed by atoms with van der Waals surface area (Å²) in [4.78, 5) is 2.66. The van der Waals surface area contributed by atoms with Gasteiger partial charge in [0.25, 0.3) is 0 Å². The van der Waals surface area contributed by atoms with Crippen LogP contribution >= 0.6 is 0 Å². The lowest BCUT2D eigenvalue weighted by atomic mass is 9.79. The zero-order valence-corrected chi connectivity index (χ0v) is 11.9. The Labute approximate surface area is 112 Å². The first-order chi connectivity index (χ1) is 8.69. The second-order valence-corrected chi connectivity index (χ2v) is 6.27. The fourth-order valence-electron chi connectivity index (χ4n) is 3.59. The number of nitrogens with zero attached hydrogens (tertiary/aromatic N) is 2. The van der Waals surface area contributed by atoms with E-state index in [0.717, 1.165) is 18.8 Å². The van der Waals surface area contributed by atoms with Crippen LogP contribution in [0.15, 0.2) is 0 Å². The molecule has 0 aromatic rings. The molecule has 0 bridgehead atoms. The largest absolute Gasteiger partial charge is 0.302 e. The van der Waals surface area contributed by atoms with E-state index < -0.39 is 0 Å². The van der Waals surface area contributed by atoms with Gasteiger partial charge < -0.3 is 10.2 Å². The number of hydrogen-bond donors (Lipinski definition) is 1. The van der Waals surface area contributed by atoms with Crippen molar-refractivity contribution >= 4 is 0 Å². The Kier molecular flexibility index (Phi) is 4.64. The fraction of sp³-hybridized carbons (Fsp3) is 0.933. The molecule has 3 atom stereocenters. The van der Waals surface area contributed by atoms with Crippen molar-refractivity contribution < 1.29 is 0 Å². The number of nitriles is 1. The monoisotopic (exact) mass is 249 g/mol. The van der Waals surface area contributed by atoms with E-state index in [2.05, 4.69) is 23.2 Å². The average Bonchev–Trinajstić information content (AvgIpc) is 2.63. The molecule has 0 spiro atoms. The van der Waals surface area contributed by atoms with Gasteiger partial charge in [0.15, 0.2) is 0 Å². The highest BCUT2D eigenvalue weighted by Crippen LogP contribution is 2.32.